The third-order valence-electron chi connectivity index (χ3n) is 6.99. The van der Waals surface area contributed by atoms with Crippen molar-refractivity contribution >= 4 is 11.8 Å². The topological polar surface area (TPSA) is 61.8 Å². The van der Waals surface area contributed by atoms with Gasteiger partial charge in [0.2, 0.25) is 0 Å². The highest BCUT2D eigenvalue weighted by Gasteiger charge is 2.55. The molecule has 0 aromatic heterocycles. The van der Waals surface area contributed by atoms with Crippen LogP contribution in [0.15, 0.2) is 18.2 Å². The summed E-state index contributed by atoms with van der Waals surface area (Å²) in [5.41, 5.74) is 0.144. The largest absolute Gasteiger partial charge is 0.486 e. The molecule has 1 heterocycles. The van der Waals surface area contributed by atoms with Crippen LogP contribution in [0.4, 0.5) is 0 Å². The Hall–Kier alpha value is -2.04. The molecule has 0 amide bonds. The lowest BCUT2D eigenvalue weighted by atomic mass is 9.48. The van der Waals surface area contributed by atoms with E-state index >= 15 is 0 Å². The van der Waals surface area contributed by atoms with Crippen LogP contribution in [0.1, 0.15) is 55.8 Å². The van der Waals surface area contributed by atoms with E-state index in [0.29, 0.717) is 48.0 Å². The van der Waals surface area contributed by atoms with Crippen LogP contribution in [0.2, 0.25) is 0 Å². The second-order valence-corrected chi connectivity index (χ2v) is 8.97. The Balaban J connectivity index is 1.29. The van der Waals surface area contributed by atoms with E-state index < -0.39 is 12.1 Å². The normalized spacial score (nSPS) is 34.2. The minimum absolute atomic E-state index is 0.132. The van der Waals surface area contributed by atoms with Crippen molar-refractivity contribution in [2.45, 2.75) is 51.6 Å². The highest BCUT2D eigenvalue weighted by atomic mass is 16.6. The minimum atomic E-state index is -0.707. The van der Waals surface area contributed by atoms with E-state index in [1.54, 1.807) is 25.1 Å². The molecule has 0 spiro atoms. The van der Waals surface area contributed by atoms with Crippen molar-refractivity contribution in [2.75, 3.05) is 13.2 Å². The van der Waals surface area contributed by atoms with Crippen LogP contribution in [-0.2, 0) is 9.53 Å². The minimum Gasteiger partial charge on any atom is -0.486 e. The highest BCUT2D eigenvalue weighted by molar-refractivity contribution is 5.95. The van der Waals surface area contributed by atoms with Crippen molar-refractivity contribution in [1.29, 1.82) is 0 Å². The van der Waals surface area contributed by atoms with Crippen molar-refractivity contribution in [2.24, 2.45) is 23.2 Å². The molecule has 6 rings (SSSR count). The van der Waals surface area contributed by atoms with Crippen LogP contribution in [0.5, 0.6) is 11.5 Å². The summed E-state index contributed by atoms with van der Waals surface area (Å²) in [6, 6.07) is 5.02. The second-order valence-electron chi connectivity index (χ2n) is 8.97. The standard InChI is InChI=1S/C22H26O5/c1-13(20(23)22-10-14-6-15(11-22)8-16(7-14)12-22)27-21(24)17-2-3-18-19(9-17)26-5-4-25-18/h2-3,9,13-16H,4-8,10-12H2,1H3/t13-,14?,15?,16?,22?/m0/s1. The molecular weight excluding hydrogens is 344 g/mol. The molecule has 1 atom stereocenters. The van der Waals surface area contributed by atoms with Crippen LogP contribution >= 0.6 is 0 Å². The Kier molecular flexibility index (Phi) is 3.95. The smallest absolute Gasteiger partial charge is 0.338 e. The molecule has 144 valence electrons. The zero-order valence-corrected chi connectivity index (χ0v) is 15.7. The number of esters is 1. The summed E-state index contributed by atoms with van der Waals surface area (Å²) < 4.78 is 16.6. The van der Waals surface area contributed by atoms with Crippen molar-refractivity contribution in [3.05, 3.63) is 23.8 Å². The molecule has 0 unspecified atom stereocenters. The fraction of sp³-hybridized carbons (Fsp3) is 0.636. The summed E-state index contributed by atoms with van der Waals surface area (Å²) in [5, 5.41) is 0. The molecule has 0 N–H and O–H groups in total. The monoisotopic (exact) mass is 370 g/mol. The Labute approximate surface area is 159 Å². The number of ether oxygens (including phenoxy) is 3. The van der Waals surface area contributed by atoms with Crippen LogP contribution in [0, 0.1) is 23.2 Å². The van der Waals surface area contributed by atoms with Gasteiger partial charge in [-0.1, -0.05) is 0 Å². The summed E-state index contributed by atoms with van der Waals surface area (Å²) in [6.45, 7) is 2.71. The summed E-state index contributed by atoms with van der Waals surface area (Å²) in [7, 11) is 0. The van der Waals surface area contributed by atoms with Crippen LogP contribution in [0.3, 0.4) is 0 Å². The van der Waals surface area contributed by atoms with Gasteiger partial charge in [0, 0.05) is 5.41 Å². The number of hydrogen-bond donors (Lipinski definition) is 0. The van der Waals surface area contributed by atoms with E-state index in [9.17, 15) is 9.59 Å². The molecule has 0 radical (unpaired) electrons. The number of carbonyl (C=O) groups is 2. The predicted octanol–water partition coefficient (Wildman–Crippen LogP) is 3.79. The maximum atomic E-state index is 13.3. The van der Waals surface area contributed by atoms with Gasteiger partial charge in [0.1, 0.15) is 13.2 Å². The molecule has 4 aliphatic carbocycles. The van der Waals surface area contributed by atoms with E-state index in [1.807, 2.05) is 0 Å². The van der Waals surface area contributed by atoms with E-state index in [0.717, 1.165) is 19.3 Å². The van der Waals surface area contributed by atoms with Gasteiger partial charge in [-0.25, -0.2) is 4.79 Å². The zero-order valence-electron chi connectivity index (χ0n) is 15.7. The molecule has 4 bridgehead atoms. The molecule has 4 saturated carbocycles. The molecule has 5 aliphatic rings. The van der Waals surface area contributed by atoms with Gasteiger partial charge in [0.15, 0.2) is 23.4 Å². The Bertz CT molecular complexity index is 748. The Morgan fingerprint density at radius 2 is 1.59 bits per heavy atom. The fourth-order valence-electron chi connectivity index (χ4n) is 6.30. The average Bonchev–Trinajstić information content (AvgIpc) is 2.65. The van der Waals surface area contributed by atoms with Gasteiger partial charge < -0.3 is 14.2 Å². The molecule has 5 nitrogen and oxygen atoms in total. The molecule has 0 saturated heterocycles. The van der Waals surface area contributed by atoms with Crippen LogP contribution in [-0.4, -0.2) is 31.1 Å². The van der Waals surface area contributed by atoms with Crippen LogP contribution in [0.25, 0.3) is 0 Å². The van der Waals surface area contributed by atoms with Gasteiger partial charge in [-0.15, -0.1) is 0 Å². The van der Waals surface area contributed by atoms with Crippen molar-refractivity contribution in [3.63, 3.8) is 0 Å². The third kappa shape index (κ3) is 2.91. The summed E-state index contributed by atoms with van der Waals surface area (Å²) in [6.07, 6.45) is 6.13. The van der Waals surface area contributed by atoms with Gasteiger partial charge in [-0.3, -0.25) is 4.79 Å². The molecular formula is C22H26O5. The number of Topliss-reactive ketones (excluding diaryl/α,β-unsaturated/α-hetero) is 1. The maximum Gasteiger partial charge on any atom is 0.338 e. The van der Waals surface area contributed by atoms with E-state index in [-0.39, 0.29) is 11.2 Å². The number of fused-ring (bicyclic) bond motifs is 1. The van der Waals surface area contributed by atoms with E-state index in [4.69, 9.17) is 14.2 Å². The van der Waals surface area contributed by atoms with Gasteiger partial charge in [0.05, 0.1) is 5.56 Å². The lowest BCUT2D eigenvalue weighted by molar-refractivity contribution is -0.152. The summed E-state index contributed by atoms with van der Waals surface area (Å²) in [5.74, 6) is 2.93. The molecule has 1 aromatic rings. The lowest BCUT2D eigenvalue weighted by Gasteiger charge is -2.56. The second kappa shape index (κ2) is 6.25. The fourth-order valence-corrected chi connectivity index (χ4v) is 6.30. The molecule has 1 aromatic carbocycles. The number of hydrogen-bond acceptors (Lipinski definition) is 5. The molecule has 27 heavy (non-hydrogen) atoms. The number of rotatable bonds is 4. The van der Waals surface area contributed by atoms with E-state index in [1.165, 1.54) is 19.3 Å². The summed E-state index contributed by atoms with van der Waals surface area (Å²) >= 11 is 0. The third-order valence-corrected chi connectivity index (χ3v) is 6.99. The number of benzene rings is 1. The molecule has 4 fully saturated rings. The molecule has 1 aliphatic heterocycles. The van der Waals surface area contributed by atoms with Crippen molar-refractivity contribution in [3.8, 4) is 11.5 Å². The van der Waals surface area contributed by atoms with Gasteiger partial charge in [-0.2, -0.15) is 0 Å². The number of carbonyl (C=O) groups excluding carboxylic acids is 2. The average molecular weight is 370 g/mol. The quantitative estimate of drug-likeness (QED) is 0.755. The number of ketones is 1. The van der Waals surface area contributed by atoms with E-state index in [2.05, 4.69) is 0 Å². The zero-order chi connectivity index (χ0) is 18.6. The lowest BCUT2D eigenvalue weighted by Crippen LogP contribution is -2.52. The first kappa shape index (κ1) is 17.1. The Morgan fingerprint density at radius 1 is 1.00 bits per heavy atom. The van der Waals surface area contributed by atoms with Crippen molar-refractivity contribution in [1.82, 2.24) is 0 Å². The van der Waals surface area contributed by atoms with Crippen LogP contribution < -0.4 is 9.47 Å². The van der Waals surface area contributed by atoms with Gasteiger partial charge >= 0.3 is 5.97 Å². The van der Waals surface area contributed by atoms with Gasteiger partial charge in [0.25, 0.3) is 0 Å². The van der Waals surface area contributed by atoms with Crippen molar-refractivity contribution < 1.29 is 23.8 Å². The highest BCUT2D eigenvalue weighted by Crippen LogP contribution is 2.60. The maximum absolute atomic E-state index is 13.3. The first-order chi connectivity index (χ1) is 13.0. The first-order valence-electron chi connectivity index (χ1n) is 10.2. The Morgan fingerprint density at radius 3 is 2.22 bits per heavy atom. The predicted molar refractivity (Wildman–Crippen MR) is 97.9 cm³/mol. The SMILES string of the molecule is C[C@H](OC(=O)c1ccc2c(c1)OCCO2)C(=O)C12CC3CC(CC(C3)C1)C2. The first-order valence-corrected chi connectivity index (χ1v) is 10.2. The van der Waals surface area contributed by atoms with Gasteiger partial charge in [-0.05, 0) is 81.4 Å². The molecule has 5 heteroatoms. The summed E-state index contributed by atoms with van der Waals surface area (Å²) in [4.78, 5) is 25.9.